The molecule has 0 nitrogen and oxygen atoms in total. The lowest BCUT2D eigenvalue weighted by Crippen LogP contribution is -1.94. The summed E-state index contributed by atoms with van der Waals surface area (Å²) in [7, 11) is 0. The van der Waals surface area contributed by atoms with Crippen LogP contribution in [0.2, 0.25) is 0 Å². The highest BCUT2D eigenvalue weighted by molar-refractivity contribution is 5.82. The molecule has 1 radical (unpaired) electrons. The van der Waals surface area contributed by atoms with Gasteiger partial charge in [-0.2, -0.15) is 0 Å². The van der Waals surface area contributed by atoms with Crippen LogP contribution in [0.25, 0.3) is 30.4 Å². The smallest absolute Gasteiger partial charge is 0.00143 e. The van der Waals surface area contributed by atoms with Crippen LogP contribution in [-0.4, -0.2) is 0 Å². The summed E-state index contributed by atoms with van der Waals surface area (Å²) in [6, 6.07) is 3.23. The average Bonchev–Trinajstić information content (AvgIpc) is 2.35. The first-order valence-corrected chi connectivity index (χ1v) is 4.98. The van der Waals surface area contributed by atoms with Crippen molar-refractivity contribution in [1.29, 1.82) is 0 Å². The van der Waals surface area contributed by atoms with Gasteiger partial charge in [0.1, 0.15) is 0 Å². The molecule has 0 amide bonds. The lowest BCUT2D eigenvalue weighted by Gasteiger charge is -2.12. The highest BCUT2D eigenvalue weighted by Crippen LogP contribution is 2.27. The largest absolute Gasteiger partial charge is 0.0984 e. The van der Waals surface area contributed by atoms with E-state index in [-0.39, 0.29) is 0 Å². The van der Waals surface area contributed by atoms with E-state index in [1.807, 2.05) is 0 Å². The van der Waals surface area contributed by atoms with Crippen molar-refractivity contribution in [3.63, 3.8) is 0 Å². The minimum Gasteiger partial charge on any atom is -0.0984 e. The third-order valence-corrected chi connectivity index (χ3v) is 2.45. The van der Waals surface area contributed by atoms with Crippen molar-refractivity contribution in [2.45, 2.75) is 0 Å². The Bertz CT molecular complexity index is 435. The average molecular weight is 207 g/mol. The van der Waals surface area contributed by atoms with E-state index in [9.17, 15) is 0 Å². The van der Waals surface area contributed by atoms with Crippen LogP contribution in [0.4, 0.5) is 0 Å². The predicted octanol–water partition coefficient (Wildman–Crippen LogP) is 4.70. The molecule has 0 saturated carbocycles. The fraction of sp³-hybridized carbons (Fsp3) is 0. The molecule has 0 aliphatic heterocycles. The van der Waals surface area contributed by atoms with E-state index in [4.69, 9.17) is 0 Å². The molecule has 1 rings (SSSR count). The fourth-order valence-electron chi connectivity index (χ4n) is 1.70. The van der Waals surface area contributed by atoms with Gasteiger partial charge in [0, 0.05) is 0 Å². The van der Waals surface area contributed by atoms with Crippen molar-refractivity contribution >= 4 is 30.4 Å². The third kappa shape index (κ3) is 1.82. The molecule has 0 atom stereocenters. The van der Waals surface area contributed by atoms with Gasteiger partial charge in [-0.05, 0) is 33.9 Å². The first kappa shape index (κ1) is 12.0. The topological polar surface area (TPSA) is 0 Å². The molecule has 1 aromatic carbocycles. The van der Waals surface area contributed by atoms with Crippen LogP contribution in [0.3, 0.4) is 0 Å². The second kappa shape index (κ2) is 5.13. The van der Waals surface area contributed by atoms with Crippen molar-refractivity contribution in [1.82, 2.24) is 0 Å². The van der Waals surface area contributed by atoms with Gasteiger partial charge in [0.15, 0.2) is 0 Å². The molecule has 0 unspecified atom stereocenters. The Kier molecular flexibility index (Phi) is 3.84. The van der Waals surface area contributed by atoms with E-state index in [0.717, 1.165) is 27.8 Å². The third-order valence-electron chi connectivity index (χ3n) is 2.45. The fourth-order valence-corrected chi connectivity index (χ4v) is 1.70. The Balaban J connectivity index is 3.80. The molecular weight excluding hydrogens is 192 g/mol. The lowest BCUT2D eigenvalue weighted by atomic mass is 9.91. The highest BCUT2D eigenvalue weighted by atomic mass is 14.1. The van der Waals surface area contributed by atoms with E-state index in [2.05, 4.69) is 39.0 Å². The molecule has 0 heterocycles. The number of benzene rings is 1. The summed E-state index contributed by atoms with van der Waals surface area (Å²) in [6.45, 7) is 19.0. The Morgan fingerprint density at radius 1 is 0.562 bits per heavy atom. The molecule has 16 heavy (non-hydrogen) atoms. The van der Waals surface area contributed by atoms with Gasteiger partial charge < -0.3 is 0 Å². The molecule has 0 heteroatoms. The quantitative estimate of drug-likeness (QED) is 0.656. The summed E-state index contributed by atoms with van der Waals surface area (Å²) in [5.74, 6) is 0. The Labute approximate surface area is 97.6 Å². The Morgan fingerprint density at radius 3 is 1.19 bits per heavy atom. The van der Waals surface area contributed by atoms with Crippen LogP contribution in [0.5, 0.6) is 0 Å². The van der Waals surface area contributed by atoms with Gasteiger partial charge in [-0.15, -0.1) is 0 Å². The van der Waals surface area contributed by atoms with Gasteiger partial charge in [0.25, 0.3) is 0 Å². The van der Waals surface area contributed by atoms with E-state index in [1.54, 1.807) is 30.4 Å². The molecule has 0 bridgehead atoms. The molecular formula is C16H15. The minimum absolute atomic E-state index is 0.908. The zero-order valence-corrected chi connectivity index (χ0v) is 9.42. The normalized spacial score (nSPS) is 9.25. The maximum atomic E-state index is 3.82. The van der Waals surface area contributed by atoms with Gasteiger partial charge in [0.2, 0.25) is 0 Å². The Morgan fingerprint density at radius 2 is 0.938 bits per heavy atom. The van der Waals surface area contributed by atoms with Crippen LogP contribution in [-0.2, 0) is 0 Å². The first-order valence-electron chi connectivity index (χ1n) is 4.98. The summed E-state index contributed by atoms with van der Waals surface area (Å²) >= 11 is 0. The second-order valence-corrected chi connectivity index (χ2v) is 3.21. The molecule has 0 saturated heterocycles. The van der Waals surface area contributed by atoms with Crippen molar-refractivity contribution in [2.24, 2.45) is 0 Å². The van der Waals surface area contributed by atoms with Gasteiger partial charge in [-0.25, -0.2) is 0 Å². The highest BCUT2D eigenvalue weighted by Gasteiger charge is 2.09. The molecule has 0 fully saturated rings. The van der Waals surface area contributed by atoms with Crippen molar-refractivity contribution in [3.05, 3.63) is 66.8 Å². The van der Waals surface area contributed by atoms with Crippen molar-refractivity contribution in [2.75, 3.05) is 0 Å². The molecule has 0 aromatic heterocycles. The van der Waals surface area contributed by atoms with Gasteiger partial charge >= 0.3 is 0 Å². The summed E-state index contributed by atoms with van der Waals surface area (Å²) in [5, 5.41) is 0. The monoisotopic (exact) mass is 207 g/mol. The van der Waals surface area contributed by atoms with Crippen molar-refractivity contribution in [3.8, 4) is 0 Å². The molecule has 0 spiro atoms. The minimum atomic E-state index is 0.908. The lowest BCUT2D eigenvalue weighted by molar-refractivity contribution is 1.51. The zero-order valence-electron chi connectivity index (χ0n) is 9.42. The zero-order chi connectivity index (χ0) is 12.1. The van der Waals surface area contributed by atoms with Crippen molar-refractivity contribution < 1.29 is 0 Å². The number of rotatable bonds is 5. The maximum absolute atomic E-state index is 3.82. The summed E-state index contributed by atoms with van der Waals surface area (Å²) in [6.07, 6.45) is 8.87. The standard InChI is InChI=1S/C16H15/c1-6-12-11-13(7-2)15(9-4)16(10-5)14(12)8-3/h6-10H,1-5H2. The number of hydrogen-bond donors (Lipinski definition) is 0. The summed E-state index contributed by atoms with van der Waals surface area (Å²) < 4.78 is 0. The van der Waals surface area contributed by atoms with Crippen LogP contribution >= 0.6 is 0 Å². The molecule has 79 valence electrons. The van der Waals surface area contributed by atoms with E-state index >= 15 is 0 Å². The summed E-state index contributed by atoms with van der Waals surface area (Å²) in [4.78, 5) is 0. The first-order chi connectivity index (χ1) is 7.73. The van der Waals surface area contributed by atoms with Crippen LogP contribution < -0.4 is 0 Å². The molecule has 1 aromatic rings. The number of hydrogen-bond acceptors (Lipinski definition) is 0. The SMILES string of the molecule is C=Cc1[c]c(C=C)c(C=C)c(C=C)c1C=C. The van der Waals surface area contributed by atoms with E-state index < -0.39 is 0 Å². The second-order valence-electron chi connectivity index (χ2n) is 3.21. The van der Waals surface area contributed by atoms with E-state index in [1.165, 1.54) is 0 Å². The van der Waals surface area contributed by atoms with Gasteiger partial charge in [-0.1, -0.05) is 63.3 Å². The molecule has 0 aliphatic carbocycles. The Hall–Kier alpha value is -2.08. The van der Waals surface area contributed by atoms with Crippen LogP contribution in [0.15, 0.2) is 32.9 Å². The van der Waals surface area contributed by atoms with E-state index in [0.29, 0.717) is 0 Å². The van der Waals surface area contributed by atoms with Crippen LogP contribution in [0, 0.1) is 6.07 Å². The molecule has 0 N–H and O–H groups in total. The van der Waals surface area contributed by atoms with Gasteiger partial charge in [-0.3, -0.25) is 0 Å². The molecule has 0 aliphatic rings. The predicted molar refractivity (Wildman–Crippen MR) is 75.7 cm³/mol. The van der Waals surface area contributed by atoms with Crippen LogP contribution in [0.1, 0.15) is 27.8 Å². The van der Waals surface area contributed by atoms with Gasteiger partial charge in [0.05, 0.1) is 0 Å². The summed E-state index contributed by atoms with van der Waals surface area (Å²) in [5.41, 5.74) is 4.76. The maximum Gasteiger partial charge on any atom is -0.00143 e.